The van der Waals surface area contributed by atoms with Crippen molar-refractivity contribution < 1.29 is 0 Å². The van der Waals surface area contributed by atoms with Gasteiger partial charge in [0, 0.05) is 11.4 Å². The lowest BCUT2D eigenvalue weighted by Crippen LogP contribution is -2.45. The van der Waals surface area contributed by atoms with E-state index in [1.165, 1.54) is 94.8 Å². The number of hydrogen-bond donors (Lipinski definition) is 2. The Kier molecular flexibility index (Phi) is 8.97. The van der Waals surface area contributed by atoms with Crippen molar-refractivity contribution in [3.8, 4) is 44.5 Å². The number of hydrogen-bond acceptors (Lipinski definition) is 3. The molecule has 0 saturated carbocycles. The molecular formula is C63H45N3. The Morgan fingerprint density at radius 3 is 1.68 bits per heavy atom. The number of nitrogens with zero attached hydrogens (tertiary/aromatic N) is 1. The van der Waals surface area contributed by atoms with E-state index < -0.39 is 5.41 Å². The second-order valence-electron chi connectivity index (χ2n) is 17.7. The predicted octanol–water partition coefficient (Wildman–Crippen LogP) is 14.9. The smallest absolute Gasteiger partial charge is 0.104 e. The highest BCUT2D eigenvalue weighted by Crippen LogP contribution is 2.63. The van der Waals surface area contributed by atoms with Crippen LogP contribution in [0.3, 0.4) is 0 Å². The summed E-state index contributed by atoms with van der Waals surface area (Å²) >= 11 is 0. The van der Waals surface area contributed by atoms with Crippen LogP contribution < -0.4 is 15.5 Å². The molecule has 0 radical (unpaired) electrons. The summed E-state index contributed by atoms with van der Waals surface area (Å²) in [7, 11) is 0. The summed E-state index contributed by atoms with van der Waals surface area (Å²) in [6, 6.07) is 82.8. The van der Waals surface area contributed by atoms with Crippen molar-refractivity contribution in [1.82, 2.24) is 10.6 Å². The van der Waals surface area contributed by atoms with Crippen LogP contribution >= 0.6 is 0 Å². The molecule has 312 valence electrons. The standard InChI is InChI=1S/C63H45N3/c1-3-17-42(18-4-1)43-33-35-44(36-34-43)61-53-26-8-12-30-58(53)64-62(65-61)49-22-16-21-47(40-49)45-19-15-20-46(39-45)48-37-38-52-51-25-7-9-27-54(51)63(57(52)41-48)55-28-10-13-31-59(55)66(50-23-5-2-6-24-50)60-32-14-11-29-56(60)63/h1-41,58,62,64-65H. The highest BCUT2D eigenvalue weighted by molar-refractivity contribution is 5.96. The molecule has 66 heavy (non-hydrogen) atoms. The van der Waals surface area contributed by atoms with Gasteiger partial charge in [-0.2, -0.15) is 0 Å². The molecule has 2 N–H and O–H groups in total. The quantitative estimate of drug-likeness (QED) is 0.175. The lowest BCUT2D eigenvalue weighted by Gasteiger charge is -2.45. The summed E-state index contributed by atoms with van der Waals surface area (Å²) in [5.74, 6) is 0. The zero-order valence-electron chi connectivity index (χ0n) is 36.3. The first-order chi connectivity index (χ1) is 32.7. The van der Waals surface area contributed by atoms with Gasteiger partial charge in [0.1, 0.15) is 6.17 Å². The highest BCUT2D eigenvalue weighted by Gasteiger charge is 2.51. The molecule has 0 fully saturated rings. The first-order valence-corrected chi connectivity index (χ1v) is 23.0. The summed E-state index contributed by atoms with van der Waals surface area (Å²) in [6.45, 7) is 0. The molecule has 2 heterocycles. The molecule has 13 rings (SSSR count). The number of rotatable bonds is 6. The van der Waals surface area contributed by atoms with Crippen LogP contribution in [0.15, 0.2) is 254 Å². The van der Waals surface area contributed by atoms with Gasteiger partial charge in [-0.1, -0.05) is 206 Å². The van der Waals surface area contributed by atoms with Gasteiger partial charge < -0.3 is 10.2 Å². The average Bonchev–Trinajstić information content (AvgIpc) is 3.69. The molecule has 4 aliphatic rings. The Morgan fingerprint density at radius 1 is 0.394 bits per heavy atom. The van der Waals surface area contributed by atoms with E-state index in [0.717, 1.165) is 11.4 Å². The molecule has 9 aromatic carbocycles. The van der Waals surface area contributed by atoms with Crippen LogP contribution in [0.2, 0.25) is 0 Å². The fraction of sp³-hybridized carbons (Fsp3) is 0.0476. The fourth-order valence-corrected chi connectivity index (χ4v) is 11.2. The van der Waals surface area contributed by atoms with Gasteiger partial charge in [0.2, 0.25) is 0 Å². The van der Waals surface area contributed by atoms with Gasteiger partial charge in [-0.3, -0.25) is 5.32 Å². The number of anilines is 3. The average molecular weight is 844 g/mol. The maximum absolute atomic E-state index is 3.93. The third kappa shape index (κ3) is 6.01. The molecule has 9 aromatic rings. The number of nitrogens with one attached hydrogen (secondary N) is 2. The van der Waals surface area contributed by atoms with E-state index in [1.54, 1.807) is 0 Å². The minimum Gasteiger partial charge on any atom is -0.365 e. The lowest BCUT2D eigenvalue weighted by molar-refractivity contribution is 0.460. The maximum atomic E-state index is 3.93. The number of benzene rings is 9. The van der Waals surface area contributed by atoms with Crippen LogP contribution in [0.4, 0.5) is 17.1 Å². The van der Waals surface area contributed by atoms with E-state index in [1.807, 2.05) is 0 Å². The molecule has 0 aromatic heterocycles. The van der Waals surface area contributed by atoms with Crippen molar-refractivity contribution in [3.63, 3.8) is 0 Å². The monoisotopic (exact) mass is 843 g/mol. The molecule has 3 heteroatoms. The fourth-order valence-electron chi connectivity index (χ4n) is 11.2. The third-order valence-electron chi connectivity index (χ3n) is 14.1. The Balaban J connectivity index is 0.878. The zero-order chi connectivity index (χ0) is 43.6. The molecule has 0 saturated heterocycles. The van der Waals surface area contributed by atoms with Crippen LogP contribution in [0.1, 0.15) is 39.5 Å². The highest BCUT2D eigenvalue weighted by atomic mass is 15.2. The minimum atomic E-state index is -0.507. The van der Waals surface area contributed by atoms with Crippen molar-refractivity contribution in [2.45, 2.75) is 17.6 Å². The number of para-hydroxylation sites is 3. The normalized spacial score (nSPS) is 17.1. The van der Waals surface area contributed by atoms with Crippen molar-refractivity contribution >= 4 is 22.8 Å². The zero-order valence-corrected chi connectivity index (χ0v) is 36.3. The van der Waals surface area contributed by atoms with Crippen molar-refractivity contribution in [1.29, 1.82) is 0 Å². The first kappa shape index (κ1) is 38.2. The van der Waals surface area contributed by atoms with Gasteiger partial charge in [-0.25, -0.2) is 0 Å². The van der Waals surface area contributed by atoms with Crippen LogP contribution in [-0.2, 0) is 5.41 Å². The van der Waals surface area contributed by atoms with Gasteiger partial charge in [-0.15, -0.1) is 0 Å². The van der Waals surface area contributed by atoms with E-state index in [4.69, 9.17) is 0 Å². The van der Waals surface area contributed by atoms with Crippen LogP contribution in [-0.4, -0.2) is 6.04 Å². The van der Waals surface area contributed by atoms with E-state index in [0.29, 0.717) is 0 Å². The predicted molar refractivity (Wildman–Crippen MR) is 273 cm³/mol. The second-order valence-corrected chi connectivity index (χ2v) is 17.7. The largest absolute Gasteiger partial charge is 0.365 e. The van der Waals surface area contributed by atoms with E-state index in [9.17, 15) is 0 Å². The molecule has 0 amide bonds. The molecule has 0 bridgehead atoms. The van der Waals surface area contributed by atoms with Gasteiger partial charge in [0.05, 0.1) is 22.8 Å². The van der Waals surface area contributed by atoms with E-state index >= 15 is 0 Å². The van der Waals surface area contributed by atoms with Crippen molar-refractivity contribution in [2.24, 2.45) is 0 Å². The molecule has 1 spiro atoms. The topological polar surface area (TPSA) is 27.3 Å². The Bertz CT molecular complexity index is 3390. The lowest BCUT2D eigenvalue weighted by atomic mass is 9.64. The summed E-state index contributed by atoms with van der Waals surface area (Å²) in [5.41, 5.74) is 22.8. The summed E-state index contributed by atoms with van der Waals surface area (Å²) in [4.78, 5) is 2.44. The van der Waals surface area contributed by atoms with Crippen LogP contribution in [0.5, 0.6) is 0 Å². The summed E-state index contributed by atoms with van der Waals surface area (Å²) < 4.78 is 0. The van der Waals surface area contributed by atoms with Crippen molar-refractivity contribution in [3.05, 3.63) is 288 Å². The molecule has 3 nitrogen and oxygen atoms in total. The molecule has 2 aliphatic heterocycles. The molecular weight excluding hydrogens is 799 g/mol. The van der Waals surface area contributed by atoms with Crippen molar-refractivity contribution in [2.75, 3.05) is 4.90 Å². The molecule has 2 aliphatic carbocycles. The third-order valence-corrected chi connectivity index (χ3v) is 14.1. The summed E-state index contributed by atoms with van der Waals surface area (Å²) in [6.07, 6.45) is 8.68. The minimum absolute atomic E-state index is 0.0876. The van der Waals surface area contributed by atoms with E-state index in [-0.39, 0.29) is 12.2 Å². The summed E-state index contributed by atoms with van der Waals surface area (Å²) in [5, 5.41) is 7.83. The van der Waals surface area contributed by atoms with Gasteiger partial charge in [-0.05, 0) is 126 Å². The Hall–Kier alpha value is -8.24. The van der Waals surface area contributed by atoms with Gasteiger partial charge in [0.15, 0.2) is 0 Å². The Morgan fingerprint density at radius 2 is 0.939 bits per heavy atom. The Labute approximate surface area is 386 Å². The number of allylic oxidation sites excluding steroid dienone is 2. The SMILES string of the molecule is C1=CC2=C(c3ccc(-c4ccccc4)cc3)NC(c3cccc(-c4cccc(-c5ccc6c(c5)C5(c7ccccc7-6)c6ccccc6N(c6ccccc6)c6ccccc65)c4)c3)NC2C=C1. The van der Waals surface area contributed by atoms with Gasteiger partial charge in [0.25, 0.3) is 0 Å². The van der Waals surface area contributed by atoms with E-state index in [2.05, 4.69) is 264 Å². The first-order valence-electron chi connectivity index (χ1n) is 23.0. The second kappa shape index (κ2) is 15.5. The van der Waals surface area contributed by atoms with Crippen LogP contribution in [0, 0.1) is 0 Å². The number of fused-ring (bicyclic) bond motifs is 10. The molecule has 2 atom stereocenters. The van der Waals surface area contributed by atoms with Gasteiger partial charge >= 0.3 is 0 Å². The van der Waals surface area contributed by atoms with Crippen LogP contribution in [0.25, 0.3) is 50.2 Å². The maximum Gasteiger partial charge on any atom is 0.104 e. The molecule has 2 unspecified atom stereocenters.